The van der Waals surface area contributed by atoms with Crippen molar-refractivity contribution >= 4 is 11.6 Å². The molecule has 1 amide bonds. The second-order valence-corrected chi connectivity index (χ2v) is 7.36. The van der Waals surface area contributed by atoms with Crippen molar-refractivity contribution in [2.24, 2.45) is 0 Å². The first-order chi connectivity index (χ1) is 14.2. The maximum atomic E-state index is 12.9. The summed E-state index contributed by atoms with van der Waals surface area (Å²) in [5, 5.41) is 10.9. The highest BCUT2D eigenvalue weighted by Gasteiger charge is 2.32. The number of halogens is 3. The molecular weight excluding hydrogens is 401 g/mol. The van der Waals surface area contributed by atoms with Gasteiger partial charge in [0.1, 0.15) is 5.75 Å². The molecule has 2 aliphatic rings. The standard InChI is InChI=1S/C17H15F3N2O3.C4H8O/c18-17(19,20)10-4-5-13(14(8-10)25-12-2-1-3-12)16(24)22-11-6-7-21-15(23)9-11;5-4-2-1-3-4/h4-9,12H,1-3H2,(H2,21,22,23,24);4-5H,1-3H2. The lowest BCUT2D eigenvalue weighted by Crippen LogP contribution is -2.26. The molecule has 0 radical (unpaired) electrons. The lowest BCUT2D eigenvalue weighted by atomic mass is 9.96. The SMILES string of the molecule is O=C(Nc1cc[nH]c(=O)c1)c1ccc(C(F)(F)F)cc1OC1CCC1.OC1CCC1. The van der Waals surface area contributed by atoms with Gasteiger partial charge in [0.05, 0.1) is 23.3 Å². The number of hydrogen-bond acceptors (Lipinski definition) is 4. The Kier molecular flexibility index (Phi) is 6.81. The van der Waals surface area contributed by atoms with Crippen molar-refractivity contribution in [3.63, 3.8) is 0 Å². The van der Waals surface area contributed by atoms with Crippen LogP contribution in [0.4, 0.5) is 18.9 Å². The number of carbonyl (C=O) groups excluding carboxylic acids is 1. The van der Waals surface area contributed by atoms with Crippen LogP contribution in [0.25, 0.3) is 0 Å². The van der Waals surface area contributed by atoms with E-state index >= 15 is 0 Å². The van der Waals surface area contributed by atoms with Crippen molar-refractivity contribution < 1.29 is 27.8 Å². The van der Waals surface area contributed by atoms with Gasteiger partial charge in [0, 0.05) is 18.0 Å². The lowest BCUT2D eigenvalue weighted by molar-refractivity contribution is -0.137. The molecule has 0 unspecified atom stereocenters. The van der Waals surface area contributed by atoms with Crippen molar-refractivity contribution in [3.05, 3.63) is 58.0 Å². The number of pyridine rings is 1. The first-order valence-electron chi connectivity index (χ1n) is 9.78. The minimum absolute atomic E-state index is 0.0137. The topological polar surface area (TPSA) is 91.4 Å². The number of amides is 1. The second kappa shape index (κ2) is 9.34. The number of benzene rings is 1. The van der Waals surface area contributed by atoms with Crippen LogP contribution < -0.4 is 15.6 Å². The number of hydrogen-bond donors (Lipinski definition) is 3. The number of H-pyrrole nitrogens is 1. The summed E-state index contributed by atoms with van der Waals surface area (Å²) in [5.74, 6) is -0.754. The van der Waals surface area contributed by atoms with Gasteiger partial charge in [0.2, 0.25) is 5.56 Å². The zero-order chi connectivity index (χ0) is 21.7. The molecule has 162 valence electrons. The van der Waals surface area contributed by atoms with Gasteiger partial charge in [-0.25, -0.2) is 0 Å². The summed E-state index contributed by atoms with van der Waals surface area (Å²) in [5.41, 5.74) is -1.06. The maximum absolute atomic E-state index is 12.9. The van der Waals surface area contributed by atoms with Gasteiger partial charge in [-0.2, -0.15) is 13.2 Å². The number of aromatic amines is 1. The van der Waals surface area contributed by atoms with Crippen molar-refractivity contribution in [1.82, 2.24) is 4.98 Å². The van der Waals surface area contributed by atoms with Gasteiger partial charge < -0.3 is 20.1 Å². The van der Waals surface area contributed by atoms with E-state index < -0.39 is 23.2 Å². The molecule has 0 spiro atoms. The highest BCUT2D eigenvalue weighted by Crippen LogP contribution is 2.35. The highest BCUT2D eigenvalue weighted by atomic mass is 19.4. The Bertz CT molecular complexity index is 934. The van der Waals surface area contributed by atoms with Gasteiger partial charge in [-0.3, -0.25) is 9.59 Å². The van der Waals surface area contributed by atoms with Gasteiger partial charge in [0.25, 0.3) is 5.91 Å². The summed E-state index contributed by atoms with van der Waals surface area (Å²) in [6.07, 6.45) is 2.45. The molecule has 0 bridgehead atoms. The number of nitrogens with one attached hydrogen (secondary N) is 2. The minimum atomic E-state index is -4.53. The summed E-state index contributed by atoms with van der Waals surface area (Å²) < 4.78 is 44.4. The molecule has 4 rings (SSSR count). The number of carbonyl (C=O) groups is 1. The Morgan fingerprint density at radius 2 is 1.77 bits per heavy atom. The van der Waals surface area contributed by atoms with Gasteiger partial charge >= 0.3 is 6.18 Å². The Labute approximate surface area is 171 Å². The molecule has 2 aromatic rings. The monoisotopic (exact) mass is 424 g/mol. The molecule has 2 fully saturated rings. The number of alkyl halides is 3. The summed E-state index contributed by atoms with van der Waals surface area (Å²) in [6, 6.07) is 5.40. The Hall–Kier alpha value is -2.81. The molecule has 6 nitrogen and oxygen atoms in total. The largest absolute Gasteiger partial charge is 0.490 e. The van der Waals surface area contributed by atoms with E-state index in [1.54, 1.807) is 0 Å². The molecule has 0 aliphatic heterocycles. The molecule has 1 aromatic carbocycles. The molecular formula is C21H23F3N2O4. The molecule has 3 N–H and O–H groups in total. The third-order valence-electron chi connectivity index (χ3n) is 5.01. The van der Waals surface area contributed by atoms with E-state index in [4.69, 9.17) is 9.84 Å². The van der Waals surface area contributed by atoms with E-state index in [2.05, 4.69) is 10.3 Å². The predicted octanol–water partition coefficient (Wildman–Crippen LogP) is 4.11. The first-order valence-corrected chi connectivity index (χ1v) is 9.78. The molecule has 1 heterocycles. The van der Waals surface area contributed by atoms with Gasteiger partial charge in [-0.05, 0) is 62.8 Å². The second-order valence-electron chi connectivity index (χ2n) is 7.36. The van der Waals surface area contributed by atoms with Crippen LogP contribution in [0.2, 0.25) is 0 Å². The third kappa shape index (κ3) is 5.85. The number of aliphatic hydroxyl groups is 1. The van der Waals surface area contributed by atoms with Crippen LogP contribution >= 0.6 is 0 Å². The smallest absolute Gasteiger partial charge is 0.416 e. The Morgan fingerprint density at radius 1 is 1.10 bits per heavy atom. The van der Waals surface area contributed by atoms with Crippen LogP contribution in [0.5, 0.6) is 5.75 Å². The van der Waals surface area contributed by atoms with Crippen molar-refractivity contribution in [2.75, 3.05) is 5.32 Å². The normalized spacial score (nSPS) is 16.5. The van der Waals surface area contributed by atoms with Gasteiger partial charge in [-0.15, -0.1) is 0 Å². The summed E-state index contributed by atoms with van der Waals surface area (Å²) in [7, 11) is 0. The predicted molar refractivity (Wildman–Crippen MR) is 105 cm³/mol. The van der Waals surface area contributed by atoms with Crippen LogP contribution in [0.1, 0.15) is 54.4 Å². The fourth-order valence-electron chi connectivity index (χ4n) is 2.76. The quantitative estimate of drug-likeness (QED) is 0.689. The maximum Gasteiger partial charge on any atom is 0.416 e. The third-order valence-corrected chi connectivity index (χ3v) is 5.01. The molecule has 0 saturated heterocycles. The minimum Gasteiger partial charge on any atom is -0.490 e. The Morgan fingerprint density at radius 3 is 2.27 bits per heavy atom. The van der Waals surface area contributed by atoms with Crippen LogP contribution in [-0.2, 0) is 6.18 Å². The Balaban J connectivity index is 0.000000448. The molecule has 30 heavy (non-hydrogen) atoms. The number of aliphatic hydroxyl groups excluding tert-OH is 1. The van der Waals surface area contributed by atoms with E-state index in [0.29, 0.717) is 0 Å². The van der Waals surface area contributed by atoms with Crippen molar-refractivity contribution in [3.8, 4) is 5.75 Å². The summed E-state index contributed by atoms with van der Waals surface area (Å²) in [6.45, 7) is 0. The number of ether oxygens (including phenoxy) is 1. The highest BCUT2D eigenvalue weighted by molar-refractivity contribution is 6.06. The first kappa shape index (κ1) is 21.9. The number of anilines is 1. The number of rotatable bonds is 4. The fourth-order valence-corrected chi connectivity index (χ4v) is 2.76. The van der Waals surface area contributed by atoms with Crippen LogP contribution in [-0.4, -0.2) is 28.2 Å². The molecule has 9 heteroatoms. The average molecular weight is 424 g/mol. The summed E-state index contributed by atoms with van der Waals surface area (Å²) in [4.78, 5) is 26.1. The van der Waals surface area contributed by atoms with E-state index in [1.807, 2.05) is 0 Å². The molecule has 1 aromatic heterocycles. The number of aromatic nitrogens is 1. The van der Waals surface area contributed by atoms with Crippen molar-refractivity contribution in [1.29, 1.82) is 0 Å². The zero-order valence-corrected chi connectivity index (χ0v) is 16.2. The van der Waals surface area contributed by atoms with Gasteiger partial charge in [0.15, 0.2) is 0 Å². The molecule has 0 atom stereocenters. The van der Waals surface area contributed by atoms with Crippen LogP contribution in [0.3, 0.4) is 0 Å². The summed E-state index contributed by atoms with van der Waals surface area (Å²) >= 11 is 0. The van der Waals surface area contributed by atoms with E-state index in [0.717, 1.165) is 50.3 Å². The van der Waals surface area contributed by atoms with E-state index in [-0.39, 0.29) is 29.2 Å². The average Bonchev–Trinajstić information content (AvgIpc) is 2.62. The van der Waals surface area contributed by atoms with E-state index in [1.165, 1.54) is 24.8 Å². The van der Waals surface area contributed by atoms with Crippen LogP contribution in [0.15, 0.2) is 41.3 Å². The zero-order valence-electron chi connectivity index (χ0n) is 16.2. The van der Waals surface area contributed by atoms with Crippen molar-refractivity contribution in [2.45, 2.75) is 56.9 Å². The lowest BCUT2D eigenvalue weighted by Gasteiger charge is -2.27. The molecule has 2 saturated carbocycles. The fraction of sp³-hybridized carbons (Fsp3) is 0.429. The van der Waals surface area contributed by atoms with Crippen LogP contribution in [0, 0.1) is 0 Å². The van der Waals surface area contributed by atoms with Gasteiger partial charge in [-0.1, -0.05) is 0 Å². The van der Waals surface area contributed by atoms with E-state index in [9.17, 15) is 22.8 Å². The molecule has 2 aliphatic carbocycles.